The number of hydrogen-bond acceptors (Lipinski definition) is 3. The van der Waals surface area contributed by atoms with Gasteiger partial charge in [0.2, 0.25) is 0 Å². The molecule has 1 aromatic heterocycles. The van der Waals surface area contributed by atoms with Crippen LogP contribution in [0.25, 0.3) is 10.9 Å². The van der Waals surface area contributed by atoms with Crippen molar-refractivity contribution in [2.24, 2.45) is 23.0 Å². The number of piperidine rings is 1. The van der Waals surface area contributed by atoms with Crippen LogP contribution in [-0.4, -0.2) is 39.4 Å². The van der Waals surface area contributed by atoms with E-state index >= 15 is 0 Å². The molecule has 2 aliphatic carbocycles. The lowest BCUT2D eigenvalue weighted by Crippen LogP contribution is -2.46. The summed E-state index contributed by atoms with van der Waals surface area (Å²) in [5.41, 5.74) is 6.98. The van der Waals surface area contributed by atoms with E-state index in [-0.39, 0.29) is 23.9 Å². The quantitative estimate of drug-likeness (QED) is 0.724. The maximum Gasteiger partial charge on any atom is 0.323 e. The minimum atomic E-state index is -0.603. The molecule has 1 aliphatic heterocycles. The zero-order valence-corrected chi connectivity index (χ0v) is 18.8. The first-order chi connectivity index (χ1) is 15.2. The topological polar surface area (TPSA) is 97.4 Å². The molecule has 5 rings (SSSR count). The molecule has 2 aromatic rings. The van der Waals surface area contributed by atoms with E-state index in [1.807, 2.05) is 18.2 Å². The fourth-order valence-electron chi connectivity index (χ4n) is 6.13. The maximum atomic E-state index is 13.3. The highest BCUT2D eigenvalue weighted by molar-refractivity contribution is 6.05. The minimum Gasteiger partial charge on any atom is -0.351 e. The largest absolute Gasteiger partial charge is 0.351 e. The third-order valence-electron chi connectivity index (χ3n) is 7.70. The molecule has 0 radical (unpaired) electrons. The third kappa shape index (κ3) is 3.78. The van der Waals surface area contributed by atoms with Crippen molar-refractivity contribution in [3.05, 3.63) is 30.5 Å². The van der Waals surface area contributed by atoms with Gasteiger partial charge in [-0.25, -0.2) is 9.59 Å². The Morgan fingerprint density at radius 2 is 1.97 bits per heavy atom. The van der Waals surface area contributed by atoms with E-state index in [0.29, 0.717) is 34.9 Å². The summed E-state index contributed by atoms with van der Waals surface area (Å²) in [6.07, 6.45) is 8.45. The number of hydrogen-bond donors (Lipinski definition) is 2. The van der Waals surface area contributed by atoms with Gasteiger partial charge in [0.1, 0.15) is 0 Å². The van der Waals surface area contributed by atoms with Crippen molar-refractivity contribution in [3.63, 3.8) is 0 Å². The number of rotatable bonds is 4. The van der Waals surface area contributed by atoms with Crippen LogP contribution >= 0.6 is 0 Å². The Labute approximate surface area is 188 Å². The number of carbonyl (C=O) groups excluding carboxylic acids is 3. The molecule has 1 aromatic carbocycles. The van der Waals surface area contributed by atoms with E-state index in [1.165, 1.54) is 17.4 Å². The average molecular weight is 437 g/mol. The normalized spacial score (nSPS) is 28.4. The van der Waals surface area contributed by atoms with Crippen LogP contribution in [-0.2, 0) is 4.79 Å². The highest BCUT2D eigenvalue weighted by Crippen LogP contribution is 2.49. The Kier molecular flexibility index (Phi) is 5.02. The van der Waals surface area contributed by atoms with Crippen LogP contribution in [0.1, 0.15) is 58.8 Å². The number of Topliss-reactive ketones (excluding diaryl/α,β-unsaturated/α-hetero) is 1. The third-order valence-corrected chi connectivity index (χ3v) is 7.70. The van der Waals surface area contributed by atoms with Gasteiger partial charge in [0.05, 0.1) is 17.2 Å². The predicted molar refractivity (Wildman–Crippen MR) is 123 cm³/mol. The number of carbonyl (C=O) groups is 3. The summed E-state index contributed by atoms with van der Waals surface area (Å²) < 4.78 is 1.34. The van der Waals surface area contributed by atoms with Gasteiger partial charge in [0.15, 0.2) is 5.78 Å². The molecule has 0 bridgehead atoms. The molecule has 0 unspecified atom stereocenters. The fraction of sp³-hybridized carbons (Fsp3) is 0.560. The van der Waals surface area contributed by atoms with Crippen LogP contribution < -0.4 is 11.1 Å². The monoisotopic (exact) mass is 436 g/mol. The van der Waals surface area contributed by atoms with E-state index < -0.39 is 6.03 Å². The summed E-state index contributed by atoms with van der Waals surface area (Å²) in [5, 5.41) is 3.72. The number of anilines is 1. The summed E-state index contributed by atoms with van der Waals surface area (Å²) >= 11 is 0. The minimum absolute atomic E-state index is 0.149. The van der Waals surface area contributed by atoms with Gasteiger partial charge in [-0.2, -0.15) is 0 Å². The number of nitrogens with zero attached hydrogens (tertiary/aromatic N) is 2. The summed E-state index contributed by atoms with van der Waals surface area (Å²) in [4.78, 5) is 40.2. The van der Waals surface area contributed by atoms with Crippen molar-refractivity contribution in [3.8, 4) is 0 Å². The zero-order valence-electron chi connectivity index (χ0n) is 18.8. The van der Waals surface area contributed by atoms with E-state index in [0.717, 1.165) is 31.1 Å². The molecule has 170 valence electrons. The zero-order chi connectivity index (χ0) is 22.6. The molecule has 7 nitrogen and oxygen atoms in total. The number of fused-ring (bicyclic) bond motifs is 2. The van der Waals surface area contributed by atoms with E-state index in [4.69, 9.17) is 5.73 Å². The van der Waals surface area contributed by atoms with Crippen molar-refractivity contribution in [2.45, 2.75) is 70.9 Å². The molecule has 0 spiro atoms. The lowest BCUT2D eigenvalue weighted by molar-refractivity contribution is -0.124. The van der Waals surface area contributed by atoms with Gasteiger partial charge in [0.25, 0.3) is 0 Å². The second kappa shape index (κ2) is 7.64. The molecule has 2 heterocycles. The molecule has 4 atom stereocenters. The number of nitrogens with two attached hydrogens (primary N) is 1. The van der Waals surface area contributed by atoms with E-state index in [2.05, 4.69) is 19.2 Å². The Morgan fingerprint density at radius 1 is 1.19 bits per heavy atom. The summed E-state index contributed by atoms with van der Waals surface area (Å²) in [6, 6.07) is 6.27. The lowest BCUT2D eigenvalue weighted by Gasteiger charge is -2.36. The molecular formula is C25H32N4O3. The molecule has 7 heteroatoms. The Bertz CT molecular complexity index is 1090. The van der Waals surface area contributed by atoms with Gasteiger partial charge in [-0.3, -0.25) is 9.36 Å². The van der Waals surface area contributed by atoms with E-state index in [1.54, 1.807) is 17.2 Å². The molecule has 2 saturated carbocycles. The van der Waals surface area contributed by atoms with Crippen LogP contribution in [0.15, 0.2) is 30.5 Å². The van der Waals surface area contributed by atoms with Crippen LogP contribution in [0.3, 0.4) is 0 Å². The smallest absolute Gasteiger partial charge is 0.323 e. The van der Waals surface area contributed by atoms with Crippen molar-refractivity contribution in [1.82, 2.24) is 9.47 Å². The van der Waals surface area contributed by atoms with Crippen LogP contribution in [0.4, 0.5) is 15.3 Å². The Balaban J connectivity index is 1.33. The molecule has 3 aliphatic rings. The molecule has 3 N–H and O–H groups in total. The van der Waals surface area contributed by atoms with Crippen molar-refractivity contribution in [2.75, 3.05) is 5.32 Å². The summed E-state index contributed by atoms with van der Waals surface area (Å²) in [5.74, 6) is 1.06. The van der Waals surface area contributed by atoms with Gasteiger partial charge < -0.3 is 16.0 Å². The summed E-state index contributed by atoms with van der Waals surface area (Å²) in [6.45, 7) is 4.58. The van der Waals surface area contributed by atoms with E-state index in [9.17, 15) is 14.4 Å². The number of likely N-dealkylation sites (tertiary alicyclic amines) is 1. The van der Waals surface area contributed by atoms with Gasteiger partial charge in [-0.1, -0.05) is 38.5 Å². The predicted octanol–water partition coefficient (Wildman–Crippen LogP) is 4.74. The highest BCUT2D eigenvalue weighted by Gasteiger charge is 2.56. The van der Waals surface area contributed by atoms with Crippen LogP contribution in [0.2, 0.25) is 0 Å². The maximum absolute atomic E-state index is 13.3. The van der Waals surface area contributed by atoms with Crippen molar-refractivity contribution >= 4 is 34.4 Å². The number of aromatic nitrogens is 1. The molecule has 32 heavy (non-hydrogen) atoms. The molecule has 1 saturated heterocycles. The second-order valence-corrected chi connectivity index (χ2v) is 10.7. The van der Waals surface area contributed by atoms with Crippen molar-refractivity contribution < 1.29 is 14.4 Å². The second-order valence-electron chi connectivity index (χ2n) is 10.7. The number of benzene rings is 1. The number of urea groups is 1. The van der Waals surface area contributed by atoms with Gasteiger partial charge in [-0.15, -0.1) is 0 Å². The molecular weight excluding hydrogens is 404 g/mol. The van der Waals surface area contributed by atoms with Crippen LogP contribution in [0.5, 0.6) is 0 Å². The first-order valence-corrected chi connectivity index (χ1v) is 11.8. The molecule has 3 fully saturated rings. The summed E-state index contributed by atoms with van der Waals surface area (Å²) in [7, 11) is 0. The Morgan fingerprint density at radius 3 is 2.72 bits per heavy atom. The highest BCUT2D eigenvalue weighted by atomic mass is 16.2. The number of amides is 3. The van der Waals surface area contributed by atoms with Gasteiger partial charge >= 0.3 is 12.1 Å². The lowest BCUT2D eigenvalue weighted by atomic mass is 9.70. The number of para-hydroxylation sites is 1. The first kappa shape index (κ1) is 21.0. The molecule has 3 amide bonds. The van der Waals surface area contributed by atoms with Gasteiger partial charge in [-0.05, 0) is 55.4 Å². The number of ketones is 1. The Hall–Kier alpha value is -2.83. The SMILES string of the molecule is CC1(C)CCC[C@@H](CC(=O)[C@@H]2C[C@H]3C[C@H]3N2C(=O)Nc2cn(C(N)=O)c3ccccc23)C1. The number of nitrogens with one attached hydrogen (secondary N) is 1. The van der Waals surface area contributed by atoms with Crippen LogP contribution in [0, 0.1) is 17.3 Å². The fourth-order valence-corrected chi connectivity index (χ4v) is 6.13. The standard InChI is InChI=1S/C25H32N4O3/c1-25(2)9-5-6-15(13-25)10-22(30)21-12-16-11-20(16)29(21)24(32)27-18-14-28(23(26)31)19-8-4-3-7-17(18)19/h3-4,7-8,14-16,20-21H,5-6,9-13H2,1-2H3,(H2,26,31)(H,27,32)/t15-,16+,20+,21-/m0/s1. The van der Waals surface area contributed by atoms with Gasteiger partial charge in [0, 0.05) is 24.0 Å². The first-order valence-electron chi connectivity index (χ1n) is 11.8. The number of primary amides is 1. The average Bonchev–Trinajstić information content (AvgIpc) is 3.23. The van der Waals surface area contributed by atoms with Crippen molar-refractivity contribution in [1.29, 1.82) is 0 Å².